The number of hydrogen-bond acceptors (Lipinski definition) is 4. The first-order chi connectivity index (χ1) is 8.13. The van der Waals surface area contributed by atoms with Crippen molar-refractivity contribution < 1.29 is 19.1 Å². The number of rotatable bonds is 3. The maximum absolute atomic E-state index is 10.9. The molecule has 0 aliphatic carbocycles. The molecule has 1 N–H and O–H groups in total. The Hall–Kier alpha value is -2.43. The van der Waals surface area contributed by atoms with Gasteiger partial charge in [-0.1, -0.05) is 0 Å². The van der Waals surface area contributed by atoms with Gasteiger partial charge in [0.05, 0.1) is 5.56 Å². The third-order valence-corrected chi connectivity index (χ3v) is 2.45. The molecule has 0 bridgehead atoms. The number of furan rings is 1. The summed E-state index contributed by atoms with van der Waals surface area (Å²) >= 11 is 0. The lowest BCUT2D eigenvalue weighted by Gasteiger charge is -2.04. The average Bonchev–Trinajstić information content (AvgIpc) is 2.77. The summed E-state index contributed by atoms with van der Waals surface area (Å²) in [6.45, 7) is 1.67. The van der Waals surface area contributed by atoms with Crippen LogP contribution in [-0.4, -0.2) is 22.3 Å². The Kier molecular flexibility index (Phi) is 2.74. The highest BCUT2D eigenvalue weighted by molar-refractivity contribution is 5.91. The van der Waals surface area contributed by atoms with Crippen molar-refractivity contribution in [3.63, 3.8) is 0 Å². The van der Waals surface area contributed by atoms with Crippen LogP contribution in [0.3, 0.4) is 0 Å². The average molecular weight is 231 g/mol. The Morgan fingerprint density at radius 2 is 2.18 bits per heavy atom. The van der Waals surface area contributed by atoms with Crippen LogP contribution < -0.4 is 0 Å². The summed E-state index contributed by atoms with van der Waals surface area (Å²) in [4.78, 5) is 25.3. The number of aromatic nitrogens is 1. The molecule has 0 aliphatic heterocycles. The number of aromatic carboxylic acids is 1. The van der Waals surface area contributed by atoms with Crippen LogP contribution in [-0.2, 0) is 0 Å². The normalized spacial score (nSPS) is 10.2. The lowest BCUT2D eigenvalue weighted by molar-refractivity contribution is 0.0695. The fraction of sp³-hybridized carbons (Fsp3) is 0.0833. The number of carbonyl (C=O) groups is 2. The van der Waals surface area contributed by atoms with Gasteiger partial charge in [0.1, 0.15) is 5.76 Å². The maximum atomic E-state index is 10.9. The van der Waals surface area contributed by atoms with E-state index in [1.54, 1.807) is 13.0 Å². The van der Waals surface area contributed by atoms with Gasteiger partial charge in [0.25, 0.3) is 0 Å². The van der Waals surface area contributed by atoms with Crippen molar-refractivity contribution in [3.8, 4) is 11.3 Å². The van der Waals surface area contributed by atoms with Crippen LogP contribution in [0.15, 0.2) is 28.9 Å². The van der Waals surface area contributed by atoms with E-state index in [1.165, 1.54) is 18.5 Å². The Bertz CT molecular complexity index is 586. The summed E-state index contributed by atoms with van der Waals surface area (Å²) in [7, 11) is 0. The van der Waals surface area contributed by atoms with Gasteiger partial charge in [0, 0.05) is 18.0 Å². The first-order valence-electron chi connectivity index (χ1n) is 4.86. The SMILES string of the molecule is Cc1c(C(=O)O)cncc1-c1ccc(C=O)o1. The minimum atomic E-state index is -1.04. The van der Waals surface area contributed by atoms with Crippen LogP contribution in [0.5, 0.6) is 0 Å². The minimum absolute atomic E-state index is 0.117. The molecule has 5 nitrogen and oxygen atoms in total. The van der Waals surface area contributed by atoms with E-state index in [0.717, 1.165) is 0 Å². The molecular weight excluding hydrogens is 222 g/mol. The molecule has 86 valence electrons. The van der Waals surface area contributed by atoms with E-state index in [2.05, 4.69) is 4.98 Å². The molecule has 0 unspecified atom stereocenters. The van der Waals surface area contributed by atoms with Crippen molar-refractivity contribution in [2.45, 2.75) is 6.92 Å². The monoisotopic (exact) mass is 231 g/mol. The van der Waals surface area contributed by atoms with Crippen LogP contribution in [0.1, 0.15) is 26.5 Å². The molecule has 0 saturated heterocycles. The number of carboxylic acids is 1. The van der Waals surface area contributed by atoms with Crippen molar-refractivity contribution in [3.05, 3.63) is 41.4 Å². The zero-order chi connectivity index (χ0) is 12.4. The van der Waals surface area contributed by atoms with Gasteiger partial charge < -0.3 is 9.52 Å². The highest BCUT2D eigenvalue weighted by Crippen LogP contribution is 2.26. The van der Waals surface area contributed by atoms with Crippen LogP contribution >= 0.6 is 0 Å². The second-order valence-corrected chi connectivity index (χ2v) is 3.48. The first-order valence-corrected chi connectivity index (χ1v) is 4.86. The molecule has 0 aromatic carbocycles. The summed E-state index contributed by atoms with van der Waals surface area (Å²) in [5.74, 6) is -0.417. The fourth-order valence-corrected chi connectivity index (χ4v) is 1.55. The third-order valence-electron chi connectivity index (χ3n) is 2.45. The van der Waals surface area contributed by atoms with E-state index in [1.807, 2.05) is 0 Å². The number of aldehydes is 1. The molecule has 2 aromatic rings. The highest BCUT2D eigenvalue weighted by Gasteiger charge is 2.14. The van der Waals surface area contributed by atoms with Crippen LogP contribution in [0.2, 0.25) is 0 Å². The van der Waals surface area contributed by atoms with Gasteiger partial charge in [0.15, 0.2) is 12.0 Å². The van der Waals surface area contributed by atoms with Gasteiger partial charge in [-0.15, -0.1) is 0 Å². The predicted octanol–water partition coefficient (Wildman–Crippen LogP) is 2.16. The van der Waals surface area contributed by atoms with Crippen molar-refractivity contribution >= 4 is 12.3 Å². The van der Waals surface area contributed by atoms with Gasteiger partial charge in [0.2, 0.25) is 0 Å². The lowest BCUT2D eigenvalue weighted by Crippen LogP contribution is -2.01. The van der Waals surface area contributed by atoms with Gasteiger partial charge >= 0.3 is 5.97 Å². The molecule has 2 aromatic heterocycles. The molecule has 0 saturated carbocycles. The Morgan fingerprint density at radius 3 is 2.76 bits per heavy atom. The fourth-order valence-electron chi connectivity index (χ4n) is 1.55. The van der Waals surface area contributed by atoms with E-state index in [-0.39, 0.29) is 11.3 Å². The molecule has 0 spiro atoms. The molecule has 2 heterocycles. The molecule has 17 heavy (non-hydrogen) atoms. The predicted molar refractivity (Wildman–Crippen MR) is 59.0 cm³/mol. The molecule has 0 aliphatic rings. The molecular formula is C12H9NO4. The molecule has 2 rings (SSSR count). The Balaban J connectivity index is 2.55. The number of carboxylic acid groups (broad SMARTS) is 1. The van der Waals surface area contributed by atoms with Crippen LogP contribution in [0, 0.1) is 6.92 Å². The quantitative estimate of drug-likeness (QED) is 0.818. The van der Waals surface area contributed by atoms with Gasteiger partial charge in [-0.25, -0.2) is 4.79 Å². The van der Waals surface area contributed by atoms with E-state index >= 15 is 0 Å². The standard InChI is InChI=1S/C12H9NO4/c1-7-9(4-13-5-10(7)12(15)16)11-3-2-8(6-14)17-11/h2-6H,1H3,(H,15,16). The zero-order valence-corrected chi connectivity index (χ0v) is 9.01. The Labute approximate surface area is 96.7 Å². The summed E-state index contributed by atoms with van der Waals surface area (Å²) in [6.07, 6.45) is 3.38. The highest BCUT2D eigenvalue weighted by atomic mass is 16.4. The van der Waals surface area contributed by atoms with Crippen LogP contribution in [0.25, 0.3) is 11.3 Å². The van der Waals surface area contributed by atoms with Crippen molar-refractivity contribution in [2.75, 3.05) is 0 Å². The first kappa shape index (κ1) is 11.1. The minimum Gasteiger partial charge on any atom is -0.478 e. The number of pyridine rings is 1. The van der Waals surface area contributed by atoms with E-state index in [9.17, 15) is 9.59 Å². The summed E-state index contributed by atoms with van der Waals surface area (Å²) in [5.41, 5.74) is 1.24. The lowest BCUT2D eigenvalue weighted by atomic mass is 10.0. The third kappa shape index (κ3) is 1.94. The molecule has 0 atom stereocenters. The summed E-state index contributed by atoms with van der Waals surface area (Å²) < 4.78 is 5.23. The number of nitrogens with zero attached hydrogens (tertiary/aromatic N) is 1. The van der Waals surface area contributed by atoms with Crippen molar-refractivity contribution in [1.29, 1.82) is 0 Å². The van der Waals surface area contributed by atoms with Gasteiger partial charge in [-0.3, -0.25) is 9.78 Å². The van der Waals surface area contributed by atoms with Crippen LogP contribution in [0.4, 0.5) is 0 Å². The second-order valence-electron chi connectivity index (χ2n) is 3.48. The van der Waals surface area contributed by atoms with E-state index in [4.69, 9.17) is 9.52 Å². The zero-order valence-electron chi connectivity index (χ0n) is 9.01. The molecule has 0 radical (unpaired) electrons. The second kappa shape index (κ2) is 4.21. The summed E-state index contributed by atoms with van der Waals surface area (Å²) in [5, 5.41) is 8.96. The summed E-state index contributed by atoms with van der Waals surface area (Å²) in [6, 6.07) is 3.13. The topological polar surface area (TPSA) is 80.4 Å². The Morgan fingerprint density at radius 1 is 1.41 bits per heavy atom. The van der Waals surface area contributed by atoms with Crippen molar-refractivity contribution in [1.82, 2.24) is 4.98 Å². The van der Waals surface area contributed by atoms with E-state index in [0.29, 0.717) is 23.2 Å². The smallest absolute Gasteiger partial charge is 0.337 e. The molecule has 0 fully saturated rings. The van der Waals surface area contributed by atoms with Gasteiger partial charge in [-0.2, -0.15) is 0 Å². The number of hydrogen-bond donors (Lipinski definition) is 1. The molecule has 5 heteroatoms. The molecule has 0 amide bonds. The van der Waals surface area contributed by atoms with E-state index < -0.39 is 5.97 Å². The van der Waals surface area contributed by atoms with Gasteiger partial charge in [-0.05, 0) is 24.6 Å². The van der Waals surface area contributed by atoms with Crippen molar-refractivity contribution in [2.24, 2.45) is 0 Å². The maximum Gasteiger partial charge on any atom is 0.337 e. The number of carbonyl (C=O) groups excluding carboxylic acids is 1. The largest absolute Gasteiger partial charge is 0.478 e.